The van der Waals surface area contributed by atoms with Crippen molar-refractivity contribution in [2.45, 2.75) is 97.4 Å². The number of benzene rings is 2. The van der Waals surface area contributed by atoms with Crippen molar-refractivity contribution in [2.75, 3.05) is 0 Å². The van der Waals surface area contributed by atoms with Gasteiger partial charge in [0.25, 0.3) is 6.29 Å². The van der Waals surface area contributed by atoms with E-state index in [1.54, 1.807) is 0 Å². The van der Waals surface area contributed by atoms with Gasteiger partial charge in [0.2, 0.25) is 0 Å². The van der Waals surface area contributed by atoms with Crippen molar-refractivity contribution in [2.24, 2.45) is 5.92 Å². The molecule has 2 aliphatic heterocycles. The van der Waals surface area contributed by atoms with Crippen LogP contribution in [0.2, 0.25) is 0 Å². The molecule has 0 saturated carbocycles. The summed E-state index contributed by atoms with van der Waals surface area (Å²) in [6.07, 6.45) is 4.27. The molecule has 2 saturated heterocycles. The van der Waals surface area contributed by atoms with Crippen LogP contribution in [0.25, 0.3) is 0 Å². The van der Waals surface area contributed by atoms with E-state index in [1.165, 1.54) is 0 Å². The third kappa shape index (κ3) is 5.64. The molecular weight excluding hydrogens is 502 g/mol. The fourth-order valence-electron chi connectivity index (χ4n) is 4.90. The van der Waals surface area contributed by atoms with E-state index in [0.717, 1.165) is 28.7 Å². The van der Waals surface area contributed by atoms with Crippen LogP contribution in [0.3, 0.4) is 0 Å². The monoisotopic (exact) mass is 544 g/mol. The van der Waals surface area contributed by atoms with Crippen molar-refractivity contribution in [1.29, 1.82) is 0 Å². The van der Waals surface area contributed by atoms with Crippen LogP contribution in [0.5, 0.6) is 5.75 Å². The van der Waals surface area contributed by atoms with Gasteiger partial charge in [-0.05, 0) is 91.0 Å². The summed E-state index contributed by atoms with van der Waals surface area (Å²) < 4.78 is 37.9. The highest BCUT2D eigenvalue weighted by molar-refractivity contribution is 6.62. The predicted octanol–water partition coefficient (Wildman–Crippen LogP) is 6.56. The number of rotatable bonds is 7. The first-order valence-electron chi connectivity index (χ1n) is 14.3. The summed E-state index contributed by atoms with van der Waals surface area (Å²) in [5.41, 5.74) is 1.49. The van der Waals surface area contributed by atoms with E-state index >= 15 is 0 Å². The van der Waals surface area contributed by atoms with Crippen LogP contribution >= 0.6 is 0 Å². The zero-order chi connectivity index (χ0) is 28.9. The van der Waals surface area contributed by atoms with E-state index in [4.69, 9.17) is 28.1 Å². The number of ether oxygens (including phenoxy) is 2. The van der Waals surface area contributed by atoms with Gasteiger partial charge in [-0.2, -0.15) is 0 Å². The first kappa shape index (κ1) is 29.0. The van der Waals surface area contributed by atoms with Gasteiger partial charge in [0.15, 0.2) is 0 Å². The lowest BCUT2D eigenvalue weighted by molar-refractivity contribution is -0.0563. The molecule has 0 spiro atoms. The second-order valence-electron chi connectivity index (χ2n) is 13.1. The number of hydrogen-bond donors (Lipinski definition) is 0. The zero-order valence-corrected chi connectivity index (χ0v) is 25.3. The van der Waals surface area contributed by atoms with Gasteiger partial charge >= 0.3 is 14.2 Å². The molecule has 3 aliphatic rings. The van der Waals surface area contributed by atoms with E-state index < -0.39 is 13.4 Å². The molecule has 0 amide bonds. The minimum atomic E-state index is -0.607. The molecule has 8 heteroatoms. The zero-order valence-electron chi connectivity index (χ0n) is 25.3. The fourth-order valence-corrected chi connectivity index (χ4v) is 4.90. The van der Waals surface area contributed by atoms with Crippen molar-refractivity contribution >= 4 is 19.7 Å². The molecule has 0 N–H and O–H groups in total. The maximum Gasteiger partial charge on any atom is 0.494 e. The summed E-state index contributed by atoms with van der Waals surface area (Å²) in [6, 6.07) is 17.9. The van der Waals surface area contributed by atoms with Gasteiger partial charge in [0.1, 0.15) is 11.5 Å². The number of allylic oxidation sites excluding steroid dienone is 4. The topological polar surface area (TPSA) is 55.4 Å². The van der Waals surface area contributed by atoms with Crippen molar-refractivity contribution < 1.29 is 28.1 Å². The van der Waals surface area contributed by atoms with Crippen molar-refractivity contribution in [3.63, 3.8) is 0 Å². The van der Waals surface area contributed by atoms with Crippen LogP contribution in [0, 0.1) is 5.92 Å². The standard InChI is InChI=1S/C32H42B2O6/c1-22-21-25(34-39-31(6,7)32(8,9)40-34)17-20-27(22)36-28(23-13-11-10-12-14-23)35-26-18-15-24(16-19-26)33-37-29(2,3)30(4,5)38-33/h10-20,22,28H,21H2,1-9H3. The van der Waals surface area contributed by atoms with Gasteiger partial charge in [0, 0.05) is 11.5 Å². The van der Waals surface area contributed by atoms with Crippen LogP contribution in [-0.2, 0) is 23.4 Å². The van der Waals surface area contributed by atoms with Crippen LogP contribution < -0.4 is 10.2 Å². The van der Waals surface area contributed by atoms with Gasteiger partial charge < -0.3 is 28.1 Å². The molecule has 0 radical (unpaired) electrons. The molecule has 0 bridgehead atoms. The van der Waals surface area contributed by atoms with E-state index in [1.807, 2.05) is 60.7 Å². The summed E-state index contributed by atoms with van der Waals surface area (Å²) in [6.45, 7) is 18.7. The molecule has 2 aromatic rings. The Kier molecular flexibility index (Phi) is 7.54. The smallest absolute Gasteiger partial charge is 0.455 e. The summed E-state index contributed by atoms with van der Waals surface area (Å²) in [5, 5.41) is 0. The normalized spacial score (nSPS) is 25.3. The Bertz CT molecular complexity index is 1230. The maximum absolute atomic E-state index is 6.53. The van der Waals surface area contributed by atoms with E-state index in [0.29, 0.717) is 5.75 Å². The van der Waals surface area contributed by atoms with Crippen molar-refractivity contribution in [1.82, 2.24) is 0 Å². The molecule has 1 aliphatic carbocycles. The molecule has 40 heavy (non-hydrogen) atoms. The lowest BCUT2D eigenvalue weighted by Gasteiger charge is -2.32. The van der Waals surface area contributed by atoms with E-state index in [2.05, 4.69) is 68.4 Å². The first-order chi connectivity index (χ1) is 18.7. The Labute approximate surface area is 240 Å². The summed E-state index contributed by atoms with van der Waals surface area (Å²) in [7, 11) is -0.771. The highest BCUT2D eigenvalue weighted by atomic mass is 16.7. The quantitative estimate of drug-likeness (QED) is 0.291. The molecule has 5 rings (SSSR count). The summed E-state index contributed by atoms with van der Waals surface area (Å²) in [4.78, 5) is 0. The third-order valence-corrected chi connectivity index (χ3v) is 9.01. The minimum absolute atomic E-state index is 0.139. The van der Waals surface area contributed by atoms with Crippen molar-refractivity contribution in [3.05, 3.63) is 83.5 Å². The molecule has 2 heterocycles. The van der Waals surface area contributed by atoms with E-state index in [9.17, 15) is 0 Å². The average Bonchev–Trinajstić information content (AvgIpc) is 3.25. The molecule has 2 atom stereocenters. The van der Waals surface area contributed by atoms with E-state index in [-0.39, 0.29) is 35.4 Å². The summed E-state index contributed by atoms with van der Waals surface area (Å²) in [5.74, 6) is 1.70. The second kappa shape index (κ2) is 10.4. The predicted molar refractivity (Wildman–Crippen MR) is 159 cm³/mol. The molecule has 212 valence electrons. The summed E-state index contributed by atoms with van der Waals surface area (Å²) >= 11 is 0. The van der Waals surface area contributed by atoms with Gasteiger partial charge in [-0.25, -0.2) is 0 Å². The van der Waals surface area contributed by atoms with Crippen LogP contribution in [0.4, 0.5) is 0 Å². The van der Waals surface area contributed by atoms with Gasteiger partial charge in [-0.1, -0.05) is 55.5 Å². The highest BCUT2D eigenvalue weighted by Gasteiger charge is 2.53. The Morgan fingerprint density at radius 3 is 1.73 bits per heavy atom. The van der Waals surface area contributed by atoms with Gasteiger partial charge in [-0.15, -0.1) is 0 Å². The third-order valence-electron chi connectivity index (χ3n) is 9.01. The molecular formula is C32H42B2O6. The fraction of sp³-hybridized carbons (Fsp3) is 0.500. The van der Waals surface area contributed by atoms with Gasteiger partial charge in [-0.3, -0.25) is 0 Å². The first-order valence-corrected chi connectivity index (χ1v) is 14.3. The Morgan fingerprint density at radius 2 is 1.20 bits per heavy atom. The van der Waals surface area contributed by atoms with Gasteiger partial charge in [0.05, 0.1) is 22.4 Å². The van der Waals surface area contributed by atoms with Crippen LogP contribution in [-0.4, -0.2) is 36.6 Å². The molecule has 0 aromatic heterocycles. The lowest BCUT2D eigenvalue weighted by atomic mass is 9.71. The van der Waals surface area contributed by atoms with Crippen molar-refractivity contribution in [3.8, 4) is 5.75 Å². The number of hydrogen-bond acceptors (Lipinski definition) is 6. The maximum atomic E-state index is 6.53. The Hall–Kier alpha value is -2.51. The van der Waals surface area contributed by atoms with Crippen LogP contribution in [0.15, 0.2) is 78.0 Å². The molecule has 2 fully saturated rings. The average molecular weight is 544 g/mol. The Morgan fingerprint density at radius 1 is 0.675 bits per heavy atom. The lowest BCUT2D eigenvalue weighted by Crippen LogP contribution is -2.41. The SMILES string of the molecule is CC1CC(B2OC(C)(C)C(C)(C)O2)=CC=C1OC(Oc1ccc(B2OC(C)(C)C(C)(C)O2)cc1)c1ccccc1. The highest BCUT2D eigenvalue weighted by Crippen LogP contribution is 2.42. The van der Waals surface area contributed by atoms with Crippen LogP contribution in [0.1, 0.15) is 80.6 Å². The largest absolute Gasteiger partial charge is 0.494 e. The minimum Gasteiger partial charge on any atom is -0.455 e. The molecule has 2 aromatic carbocycles. The Balaban J connectivity index is 1.32. The second-order valence-corrected chi connectivity index (χ2v) is 13.1. The molecule has 2 unspecified atom stereocenters. The molecule has 6 nitrogen and oxygen atoms in total.